The van der Waals surface area contributed by atoms with Crippen molar-refractivity contribution in [1.29, 1.82) is 0 Å². The molecule has 8 heteroatoms. The molecule has 1 fully saturated rings. The number of ether oxygens (including phenoxy) is 1. The van der Waals surface area contributed by atoms with Gasteiger partial charge in [0, 0.05) is 27.2 Å². The number of hydrogen-bond acceptors (Lipinski definition) is 4. The second-order valence-corrected chi connectivity index (χ2v) is 5.64. The van der Waals surface area contributed by atoms with Gasteiger partial charge in [0.25, 0.3) is 10.2 Å². The third kappa shape index (κ3) is 5.42. The van der Waals surface area contributed by atoms with Crippen molar-refractivity contribution in [2.45, 2.75) is 12.5 Å². The van der Waals surface area contributed by atoms with Crippen molar-refractivity contribution in [2.24, 2.45) is 0 Å². The van der Waals surface area contributed by atoms with Gasteiger partial charge in [-0.1, -0.05) is 0 Å². The van der Waals surface area contributed by atoms with Crippen molar-refractivity contribution in [3.05, 3.63) is 0 Å². The smallest absolute Gasteiger partial charge is 0.279 e. The quantitative estimate of drug-likeness (QED) is 0.702. The van der Waals surface area contributed by atoms with Gasteiger partial charge in [0.15, 0.2) is 0 Å². The monoisotopic (exact) mass is 273 g/mol. The maximum atomic E-state index is 11.4. The molecule has 16 heavy (non-hydrogen) atoms. The van der Waals surface area contributed by atoms with Crippen molar-refractivity contribution >= 4 is 22.6 Å². The minimum Gasteiger partial charge on any atom is -0.375 e. The first kappa shape index (κ1) is 16.1. The maximum absolute atomic E-state index is 11.4. The molecule has 1 aliphatic heterocycles. The Labute approximate surface area is 103 Å². The minimum atomic E-state index is -3.33. The minimum absolute atomic E-state index is 0. The van der Waals surface area contributed by atoms with Gasteiger partial charge < -0.3 is 10.1 Å². The molecule has 1 heterocycles. The summed E-state index contributed by atoms with van der Waals surface area (Å²) in [6, 6.07) is 0. The third-order valence-electron chi connectivity index (χ3n) is 2.25. The van der Waals surface area contributed by atoms with Crippen LogP contribution in [0.4, 0.5) is 0 Å². The molecule has 98 valence electrons. The molecule has 2 N–H and O–H groups in total. The maximum Gasteiger partial charge on any atom is 0.279 e. The summed E-state index contributed by atoms with van der Waals surface area (Å²) in [5.41, 5.74) is 0. The predicted molar refractivity (Wildman–Crippen MR) is 65.1 cm³/mol. The molecule has 1 rings (SSSR count). The van der Waals surface area contributed by atoms with E-state index in [1.165, 1.54) is 14.1 Å². The van der Waals surface area contributed by atoms with Crippen molar-refractivity contribution < 1.29 is 13.2 Å². The summed E-state index contributed by atoms with van der Waals surface area (Å²) in [5.74, 6) is 0. The fourth-order valence-corrected chi connectivity index (χ4v) is 1.91. The molecule has 1 aliphatic rings. The third-order valence-corrected chi connectivity index (χ3v) is 3.74. The van der Waals surface area contributed by atoms with Crippen molar-refractivity contribution in [2.75, 3.05) is 40.3 Å². The summed E-state index contributed by atoms with van der Waals surface area (Å²) in [4.78, 5) is 0. The van der Waals surface area contributed by atoms with Crippen LogP contribution in [-0.4, -0.2) is 59.2 Å². The first-order chi connectivity index (χ1) is 7.02. The number of nitrogens with one attached hydrogen (secondary N) is 2. The highest BCUT2D eigenvalue weighted by Crippen LogP contribution is 2.00. The Hall–Kier alpha value is 0.0800. The van der Waals surface area contributed by atoms with Crippen molar-refractivity contribution in [1.82, 2.24) is 14.3 Å². The fourth-order valence-electron chi connectivity index (χ4n) is 1.26. The van der Waals surface area contributed by atoms with Crippen LogP contribution in [0.5, 0.6) is 0 Å². The van der Waals surface area contributed by atoms with Crippen LogP contribution >= 0.6 is 12.4 Å². The van der Waals surface area contributed by atoms with E-state index in [1.54, 1.807) is 0 Å². The molecular formula is C8H20ClN3O3S. The topological polar surface area (TPSA) is 70.7 Å². The normalized spacial score (nSPS) is 22.6. The van der Waals surface area contributed by atoms with E-state index < -0.39 is 10.2 Å². The summed E-state index contributed by atoms with van der Waals surface area (Å²) in [7, 11) is -0.331. The molecule has 0 aromatic rings. The van der Waals surface area contributed by atoms with Crippen LogP contribution in [0.1, 0.15) is 6.42 Å². The zero-order valence-electron chi connectivity index (χ0n) is 9.60. The molecule has 0 aliphatic carbocycles. The van der Waals surface area contributed by atoms with Crippen LogP contribution in [0, 0.1) is 0 Å². The number of halogens is 1. The molecule has 1 atom stereocenters. The van der Waals surface area contributed by atoms with Crippen molar-refractivity contribution in [3.8, 4) is 0 Å². The lowest BCUT2D eigenvalue weighted by Gasteiger charge is -2.17. The lowest BCUT2D eigenvalue weighted by Crippen LogP contribution is -2.40. The van der Waals surface area contributed by atoms with E-state index in [0.29, 0.717) is 13.2 Å². The summed E-state index contributed by atoms with van der Waals surface area (Å²) < 4.78 is 31.9. The van der Waals surface area contributed by atoms with E-state index in [0.717, 1.165) is 23.8 Å². The molecule has 1 saturated heterocycles. The Balaban J connectivity index is 0.00000225. The van der Waals surface area contributed by atoms with Crippen molar-refractivity contribution in [3.63, 3.8) is 0 Å². The van der Waals surface area contributed by atoms with Crippen LogP contribution < -0.4 is 10.0 Å². The average Bonchev–Trinajstić information content (AvgIpc) is 2.42. The van der Waals surface area contributed by atoms with E-state index in [9.17, 15) is 8.42 Å². The summed E-state index contributed by atoms with van der Waals surface area (Å²) in [6.45, 7) is 2.67. The highest BCUT2D eigenvalue weighted by molar-refractivity contribution is 7.87. The first-order valence-electron chi connectivity index (χ1n) is 5.02. The highest BCUT2D eigenvalue weighted by atomic mass is 35.5. The molecule has 0 aromatic heterocycles. The van der Waals surface area contributed by atoms with E-state index >= 15 is 0 Å². The van der Waals surface area contributed by atoms with Gasteiger partial charge in [0.1, 0.15) is 0 Å². The second kappa shape index (κ2) is 7.41. The summed E-state index contributed by atoms with van der Waals surface area (Å²) in [5, 5.41) is 3.18. The average molecular weight is 274 g/mol. The fraction of sp³-hybridized carbons (Fsp3) is 1.00. The highest BCUT2D eigenvalue weighted by Gasteiger charge is 2.17. The zero-order chi connectivity index (χ0) is 11.3. The molecule has 0 bridgehead atoms. The predicted octanol–water partition coefficient (Wildman–Crippen LogP) is -0.817. The van der Waals surface area contributed by atoms with Gasteiger partial charge in [-0.05, 0) is 13.0 Å². The molecule has 0 spiro atoms. The molecular weight excluding hydrogens is 254 g/mol. The molecule has 0 aromatic carbocycles. The molecule has 6 nitrogen and oxygen atoms in total. The standard InChI is InChI=1S/C8H19N3O3S.ClH/c1-11(2)15(12,13)10-7-8-3-4-9-5-6-14-8;/h8-10H,3-7H2,1-2H3;1H. The van der Waals surface area contributed by atoms with Gasteiger partial charge >= 0.3 is 0 Å². The van der Waals surface area contributed by atoms with Crippen LogP contribution in [0.2, 0.25) is 0 Å². The number of rotatable bonds is 4. The Bertz CT molecular complexity index is 276. The van der Waals surface area contributed by atoms with E-state index in [4.69, 9.17) is 4.74 Å². The van der Waals surface area contributed by atoms with Gasteiger partial charge in [-0.15, -0.1) is 12.4 Å². The van der Waals surface area contributed by atoms with Crippen LogP contribution in [0.3, 0.4) is 0 Å². The van der Waals surface area contributed by atoms with E-state index in [-0.39, 0.29) is 18.5 Å². The molecule has 1 unspecified atom stereocenters. The Morgan fingerprint density at radius 3 is 2.75 bits per heavy atom. The first-order valence-corrected chi connectivity index (χ1v) is 6.46. The molecule has 0 radical (unpaired) electrons. The number of nitrogens with zero attached hydrogens (tertiary/aromatic N) is 1. The van der Waals surface area contributed by atoms with Crippen LogP contribution in [0.25, 0.3) is 0 Å². The Morgan fingerprint density at radius 1 is 1.44 bits per heavy atom. The lowest BCUT2D eigenvalue weighted by molar-refractivity contribution is 0.0682. The van der Waals surface area contributed by atoms with Crippen LogP contribution in [0.15, 0.2) is 0 Å². The van der Waals surface area contributed by atoms with E-state index in [2.05, 4.69) is 10.0 Å². The number of hydrogen-bond donors (Lipinski definition) is 2. The van der Waals surface area contributed by atoms with Gasteiger partial charge in [-0.25, -0.2) is 0 Å². The van der Waals surface area contributed by atoms with Crippen LogP contribution in [-0.2, 0) is 14.9 Å². The van der Waals surface area contributed by atoms with Gasteiger partial charge in [0.2, 0.25) is 0 Å². The summed E-state index contributed by atoms with van der Waals surface area (Å²) in [6.07, 6.45) is 0.797. The van der Waals surface area contributed by atoms with Gasteiger partial charge in [-0.2, -0.15) is 17.4 Å². The van der Waals surface area contributed by atoms with Gasteiger partial charge in [-0.3, -0.25) is 0 Å². The van der Waals surface area contributed by atoms with E-state index in [1.807, 2.05) is 0 Å². The second-order valence-electron chi connectivity index (χ2n) is 3.67. The Morgan fingerprint density at radius 2 is 2.12 bits per heavy atom. The SMILES string of the molecule is CN(C)S(=O)(=O)NCC1CCNCCO1.Cl. The zero-order valence-corrected chi connectivity index (χ0v) is 11.2. The molecule has 0 amide bonds. The largest absolute Gasteiger partial charge is 0.375 e. The Kier molecular flexibility index (Phi) is 7.45. The molecule has 0 saturated carbocycles. The summed E-state index contributed by atoms with van der Waals surface area (Å²) >= 11 is 0. The lowest BCUT2D eigenvalue weighted by atomic mass is 10.2. The van der Waals surface area contributed by atoms with Gasteiger partial charge in [0.05, 0.1) is 12.7 Å².